The van der Waals surface area contributed by atoms with Crippen LogP contribution in [0.1, 0.15) is 15.9 Å². The number of carbonyl (C=O) groups is 1. The first-order chi connectivity index (χ1) is 11.7. The van der Waals surface area contributed by atoms with Gasteiger partial charge in [-0.2, -0.15) is 0 Å². The number of amides is 1. The number of aromatic hydroxyl groups is 1. The summed E-state index contributed by atoms with van der Waals surface area (Å²) in [6.07, 6.45) is 3.20. The van der Waals surface area contributed by atoms with Gasteiger partial charge < -0.3 is 15.7 Å². The van der Waals surface area contributed by atoms with Gasteiger partial charge in [0.15, 0.2) is 0 Å². The first kappa shape index (κ1) is 15.6. The van der Waals surface area contributed by atoms with Crippen LogP contribution in [0, 0.1) is 0 Å². The predicted octanol–water partition coefficient (Wildman–Crippen LogP) is 3.65. The van der Waals surface area contributed by atoms with Gasteiger partial charge >= 0.3 is 0 Å². The fourth-order valence-electron chi connectivity index (χ4n) is 2.28. The molecule has 3 aromatic rings. The van der Waals surface area contributed by atoms with Gasteiger partial charge in [0, 0.05) is 30.1 Å². The molecule has 1 amide bonds. The van der Waals surface area contributed by atoms with Crippen LogP contribution in [-0.2, 0) is 6.54 Å². The minimum Gasteiger partial charge on any atom is -0.508 e. The van der Waals surface area contributed by atoms with E-state index < -0.39 is 0 Å². The van der Waals surface area contributed by atoms with Crippen LogP contribution in [0.5, 0.6) is 5.75 Å². The molecule has 0 atom stereocenters. The van der Waals surface area contributed by atoms with Gasteiger partial charge in [0.1, 0.15) is 5.75 Å². The second kappa shape index (κ2) is 7.28. The molecule has 0 aliphatic rings. The summed E-state index contributed by atoms with van der Waals surface area (Å²) in [5, 5.41) is 15.8. The fraction of sp³-hybridized carbons (Fsp3) is 0.0526. The summed E-state index contributed by atoms with van der Waals surface area (Å²) < 4.78 is 0. The van der Waals surface area contributed by atoms with Gasteiger partial charge in [-0.1, -0.05) is 30.3 Å². The van der Waals surface area contributed by atoms with E-state index in [0.717, 1.165) is 5.56 Å². The molecule has 120 valence electrons. The monoisotopic (exact) mass is 319 g/mol. The standard InChI is InChI=1S/C19H17N3O2/c23-18-10-15(19(24)22-16-7-4-8-20-13-16)9-17(11-18)21-12-14-5-2-1-3-6-14/h1-11,13,21,23H,12H2,(H,22,24). The number of hydrogen-bond donors (Lipinski definition) is 3. The zero-order chi connectivity index (χ0) is 16.8. The van der Waals surface area contributed by atoms with Gasteiger partial charge in [-0.05, 0) is 29.8 Å². The van der Waals surface area contributed by atoms with E-state index in [0.29, 0.717) is 23.5 Å². The van der Waals surface area contributed by atoms with E-state index in [2.05, 4.69) is 15.6 Å². The maximum Gasteiger partial charge on any atom is 0.255 e. The number of anilines is 2. The molecule has 1 aromatic heterocycles. The van der Waals surface area contributed by atoms with Crippen LogP contribution in [0.3, 0.4) is 0 Å². The maximum absolute atomic E-state index is 12.3. The third-order valence-corrected chi connectivity index (χ3v) is 3.44. The van der Waals surface area contributed by atoms with Gasteiger partial charge in [0.2, 0.25) is 0 Å². The first-order valence-corrected chi connectivity index (χ1v) is 7.54. The lowest BCUT2D eigenvalue weighted by atomic mass is 10.1. The molecule has 0 bridgehead atoms. The van der Waals surface area contributed by atoms with Crippen molar-refractivity contribution in [3.05, 3.63) is 84.2 Å². The quantitative estimate of drug-likeness (QED) is 0.671. The molecule has 0 fully saturated rings. The molecular weight excluding hydrogens is 302 g/mol. The van der Waals surface area contributed by atoms with Gasteiger partial charge in [-0.25, -0.2) is 0 Å². The summed E-state index contributed by atoms with van der Waals surface area (Å²) in [6.45, 7) is 0.605. The molecule has 3 rings (SSSR count). The van der Waals surface area contributed by atoms with Crippen LogP contribution in [0.4, 0.5) is 11.4 Å². The molecule has 5 nitrogen and oxygen atoms in total. The van der Waals surface area contributed by atoms with Crippen LogP contribution in [0.25, 0.3) is 0 Å². The topological polar surface area (TPSA) is 74.2 Å². The Hall–Kier alpha value is -3.34. The molecule has 3 N–H and O–H groups in total. The van der Waals surface area contributed by atoms with Crippen molar-refractivity contribution >= 4 is 17.3 Å². The molecule has 0 unspecified atom stereocenters. The average molecular weight is 319 g/mol. The highest BCUT2D eigenvalue weighted by Gasteiger charge is 2.09. The lowest BCUT2D eigenvalue weighted by Gasteiger charge is -2.10. The van der Waals surface area contributed by atoms with E-state index >= 15 is 0 Å². The summed E-state index contributed by atoms with van der Waals surface area (Å²) in [5.41, 5.74) is 2.76. The molecule has 5 heteroatoms. The molecule has 1 heterocycles. The third-order valence-electron chi connectivity index (χ3n) is 3.44. The number of nitrogens with zero attached hydrogens (tertiary/aromatic N) is 1. The number of pyridine rings is 1. The lowest BCUT2D eigenvalue weighted by molar-refractivity contribution is 0.102. The number of phenols is 1. The van der Waals surface area contributed by atoms with E-state index in [9.17, 15) is 9.90 Å². The largest absolute Gasteiger partial charge is 0.508 e. The normalized spacial score (nSPS) is 10.2. The Morgan fingerprint density at radius 1 is 1.00 bits per heavy atom. The first-order valence-electron chi connectivity index (χ1n) is 7.54. The second-order valence-electron chi connectivity index (χ2n) is 5.30. The molecule has 24 heavy (non-hydrogen) atoms. The summed E-state index contributed by atoms with van der Waals surface area (Å²) >= 11 is 0. The van der Waals surface area contributed by atoms with Crippen LogP contribution >= 0.6 is 0 Å². The Labute approximate surface area is 140 Å². The summed E-state index contributed by atoms with van der Waals surface area (Å²) in [5.74, 6) is -0.272. The molecule has 0 aliphatic heterocycles. The van der Waals surface area contributed by atoms with Crippen molar-refractivity contribution < 1.29 is 9.90 Å². The summed E-state index contributed by atoms with van der Waals surface area (Å²) in [6, 6.07) is 18.1. The summed E-state index contributed by atoms with van der Waals surface area (Å²) in [4.78, 5) is 16.3. The SMILES string of the molecule is O=C(Nc1cccnc1)c1cc(O)cc(NCc2ccccc2)c1. The van der Waals surface area contributed by atoms with Gasteiger partial charge in [-0.15, -0.1) is 0 Å². The molecule has 0 saturated heterocycles. The van der Waals surface area contributed by atoms with Crippen LogP contribution in [0.15, 0.2) is 73.1 Å². The van der Waals surface area contributed by atoms with Gasteiger partial charge in [0.05, 0.1) is 11.9 Å². The number of carbonyl (C=O) groups excluding carboxylic acids is 1. The van der Waals surface area contributed by atoms with Crippen molar-refractivity contribution in [1.29, 1.82) is 0 Å². The minimum absolute atomic E-state index is 0.0319. The number of phenolic OH excluding ortho intramolecular Hbond substituents is 1. The van der Waals surface area contributed by atoms with Gasteiger partial charge in [-0.3, -0.25) is 9.78 Å². The number of benzene rings is 2. The minimum atomic E-state index is -0.304. The number of rotatable bonds is 5. The zero-order valence-electron chi connectivity index (χ0n) is 12.9. The Kier molecular flexibility index (Phi) is 4.72. The number of aromatic nitrogens is 1. The highest BCUT2D eigenvalue weighted by atomic mass is 16.3. The molecule has 2 aromatic carbocycles. The Balaban J connectivity index is 1.72. The molecule has 0 radical (unpaired) electrons. The highest BCUT2D eigenvalue weighted by molar-refractivity contribution is 6.05. The fourth-order valence-corrected chi connectivity index (χ4v) is 2.28. The van der Waals surface area contributed by atoms with Crippen molar-refractivity contribution in [3.63, 3.8) is 0 Å². The smallest absolute Gasteiger partial charge is 0.255 e. The summed E-state index contributed by atoms with van der Waals surface area (Å²) in [7, 11) is 0. The Bertz CT molecular complexity index is 821. The third kappa shape index (κ3) is 4.10. The second-order valence-corrected chi connectivity index (χ2v) is 5.30. The van der Waals surface area contributed by atoms with E-state index in [1.807, 2.05) is 30.3 Å². The van der Waals surface area contributed by atoms with E-state index in [1.165, 1.54) is 6.07 Å². The average Bonchev–Trinajstić information content (AvgIpc) is 2.61. The van der Waals surface area contributed by atoms with Gasteiger partial charge in [0.25, 0.3) is 5.91 Å². The van der Waals surface area contributed by atoms with Crippen LogP contribution in [0.2, 0.25) is 0 Å². The molecule has 0 aliphatic carbocycles. The van der Waals surface area contributed by atoms with Crippen molar-refractivity contribution in [3.8, 4) is 5.75 Å². The number of hydrogen-bond acceptors (Lipinski definition) is 4. The maximum atomic E-state index is 12.3. The lowest BCUT2D eigenvalue weighted by Crippen LogP contribution is -2.12. The van der Waals surface area contributed by atoms with E-state index in [1.54, 1.807) is 36.7 Å². The van der Waals surface area contributed by atoms with Crippen LogP contribution in [-0.4, -0.2) is 16.0 Å². The molecular formula is C19H17N3O2. The molecule has 0 spiro atoms. The van der Waals surface area contributed by atoms with Crippen molar-refractivity contribution in [2.45, 2.75) is 6.54 Å². The Morgan fingerprint density at radius 3 is 2.58 bits per heavy atom. The molecule has 0 saturated carbocycles. The predicted molar refractivity (Wildman–Crippen MR) is 94.1 cm³/mol. The number of nitrogens with one attached hydrogen (secondary N) is 2. The van der Waals surface area contributed by atoms with E-state index in [4.69, 9.17) is 0 Å². The van der Waals surface area contributed by atoms with Crippen molar-refractivity contribution in [2.75, 3.05) is 10.6 Å². The van der Waals surface area contributed by atoms with E-state index in [-0.39, 0.29) is 11.7 Å². The van der Waals surface area contributed by atoms with Crippen LogP contribution < -0.4 is 10.6 Å². The highest BCUT2D eigenvalue weighted by Crippen LogP contribution is 2.21. The van der Waals surface area contributed by atoms with Crippen molar-refractivity contribution in [1.82, 2.24) is 4.98 Å². The van der Waals surface area contributed by atoms with Crippen molar-refractivity contribution in [2.24, 2.45) is 0 Å². The zero-order valence-corrected chi connectivity index (χ0v) is 12.9. The Morgan fingerprint density at radius 2 is 1.83 bits per heavy atom.